The first-order valence-corrected chi connectivity index (χ1v) is 5.46. The first-order chi connectivity index (χ1) is 6.79. The van der Waals surface area contributed by atoms with Crippen molar-refractivity contribution < 1.29 is 4.79 Å². The van der Waals surface area contributed by atoms with Crippen LogP contribution in [0.3, 0.4) is 0 Å². The van der Waals surface area contributed by atoms with Gasteiger partial charge in [-0.25, -0.2) is 0 Å². The molecule has 1 rings (SSSR count). The fourth-order valence-electron chi connectivity index (χ4n) is 1.96. The van der Waals surface area contributed by atoms with Crippen molar-refractivity contribution in [3.05, 3.63) is 0 Å². The van der Waals surface area contributed by atoms with Gasteiger partial charge in [0.15, 0.2) is 0 Å². The van der Waals surface area contributed by atoms with E-state index in [0.717, 1.165) is 39.0 Å². The summed E-state index contributed by atoms with van der Waals surface area (Å²) >= 11 is 0. The number of amides is 1. The Balaban J connectivity index is 2.31. The minimum absolute atomic E-state index is 0.110. The predicted molar refractivity (Wildman–Crippen MR) is 57.2 cm³/mol. The van der Waals surface area contributed by atoms with E-state index in [2.05, 4.69) is 22.5 Å². The summed E-state index contributed by atoms with van der Waals surface area (Å²) in [4.78, 5) is 13.7. The van der Waals surface area contributed by atoms with Gasteiger partial charge in [0.1, 0.15) is 0 Å². The van der Waals surface area contributed by atoms with Crippen LogP contribution in [-0.4, -0.2) is 50.1 Å². The van der Waals surface area contributed by atoms with Crippen LogP contribution in [0.15, 0.2) is 0 Å². The van der Waals surface area contributed by atoms with Crippen LogP contribution < -0.4 is 10.6 Å². The first kappa shape index (κ1) is 11.5. The first-order valence-electron chi connectivity index (χ1n) is 5.46. The van der Waals surface area contributed by atoms with Crippen molar-refractivity contribution in [1.82, 2.24) is 15.5 Å². The number of likely N-dealkylation sites (tertiary alicyclic amines) is 1. The van der Waals surface area contributed by atoms with Gasteiger partial charge in [-0.2, -0.15) is 0 Å². The topological polar surface area (TPSA) is 44.4 Å². The van der Waals surface area contributed by atoms with Crippen molar-refractivity contribution in [3.63, 3.8) is 0 Å². The molecule has 1 aliphatic heterocycles. The molecule has 82 valence electrons. The van der Waals surface area contributed by atoms with E-state index in [1.54, 1.807) is 7.05 Å². The largest absolute Gasteiger partial charge is 0.358 e. The van der Waals surface area contributed by atoms with Crippen LogP contribution in [0.5, 0.6) is 0 Å². The molecule has 0 aromatic heterocycles. The van der Waals surface area contributed by atoms with E-state index in [1.165, 1.54) is 0 Å². The van der Waals surface area contributed by atoms with Crippen LogP contribution in [0.1, 0.15) is 19.8 Å². The number of carbonyl (C=O) groups is 1. The highest BCUT2D eigenvalue weighted by Crippen LogP contribution is 2.16. The Morgan fingerprint density at radius 1 is 1.57 bits per heavy atom. The van der Waals surface area contributed by atoms with Gasteiger partial charge in [0, 0.05) is 20.1 Å². The summed E-state index contributed by atoms with van der Waals surface area (Å²) in [6.45, 7) is 6.11. The number of nitrogens with one attached hydrogen (secondary N) is 2. The highest BCUT2D eigenvalue weighted by atomic mass is 16.2. The van der Waals surface area contributed by atoms with Crippen LogP contribution in [0.25, 0.3) is 0 Å². The molecule has 4 heteroatoms. The maximum Gasteiger partial charge on any atom is 0.237 e. The summed E-state index contributed by atoms with van der Waals surface area (Å²) in [5, 5.41) is 6.01. The van der Waals surface area contributed by atoms with Crippen molar-refractivity contribution >= 4 is 5.91 Å². The van der Waals surface area contributed by atoms with Gasteiger partial charge >= 0.3 is 0 Å². The van der Waals surface area contributed by atoms with Gasteiger partial charge in [-0.05, 0) is 25.9 Å². The van der Waals surface area contributed by atoms with E-state index < -0.39 is 0 Å². The molecule has 14 heavy (non-hydrogen) atoms. The minimum atomic E-state index is 0.110. The zero-order valence-electron chi connectivity index (χ0n) is 9.18. The fraction of sp³-hybridized carbons (Fsp3) is 0.900. The van der Waals surface area contributed by atoms with Crippen molar-refractivity contribution in [2.24, 2.45) is 0 Å². The molecule has 1 fully saturated rings. The lowest BCUT2D eigenvalue weighted by molar-refractivity contribution is -0.124. The summed E-state index contributed by atoms with van der Waals surface area (Å²) in [6, 6.07) is 0.110. The number of hydrogen-bond acceptors (Lipinski definition) is 3. The molecule has 1 atom stereocenters. The Hall–Kier alpha value is -0.610. The number of carbonyl (C=O) groups excluding carboxylic acids is 1. The standard InChI is InChI=1S/C10H21N3O/c1-3-12-6-8-13-7-4-5-9(13)10(14)11-2/h9,12H,3-8H2,1-2H3,(H,11,14). The maximum atomic E-state index is 11.5. The van der Waals surface area contributed by atoms with Crippen LogP contribution in [0.2, 0.25) is 0 Å². The van der Waals surface area contributed by atoms with E-state index in [9.17, 15) is 4.79 Å². The molecule has 0 spiro atoms. The Morgan fingerprint density at radius 3 is 3.00 bits per heavy atom. The highest BCUT2D eigenvalue weighted by Gasteiger charge is 2.29. The van der Waals surface area contributed by atoms with Crippen LogP contribution in [0.4, 0.5) is 0 Å². The van der Waals surface area contributed by atoms with Gasteiger partial charge < -0.3 is 10.6 Å². The molecule has 4 nitrogen and oxygen atoms in total. The summed E-state index contributed by atoms with van der Waals surface area (Å²) < 4.78 is 0. The van der Waals surface area contributed by atoms with Crippen molar-refractivity contribution in [2.75, 3.05) is 33.2 Å². The lowest BCUT2D eigenvalue weighted by atomic mass is 10.2. The van der Waals surface area contributed by atoms with Gasteiger partial charge in [0.25, 0.3) is 0 Å². The minimum Gasteiger partial charge on any atom is -0.358 e. The molecule has 0 radical (unpaired) electrons. The molecule has 0 aliphatic carbocycles. The second-order valence-electron chi connectivity index (χ2n) is 3.66. The zero-order valence-corrected chi connectivity index (χ0v) is 9.18. The second-order valence-corrected chi connectivity index (χ2v) is 3.66. The summed E-state index contributed by atoms with van der Waals surface area (Å²) in [6.07, 6.45) is 2.15. The van der Waals surface area contributed by atoms with Gasteiger partial charge in [0.2, 0.25) is 5.91 Å². The molecule has 1 aliphatic rings. The molecule has 1 unspecified atom stereocenters. The Bertz CT molecular complexity index is 184. The monoisotopic (exact) mass is 199 g/mol. The van der Waals surface area contributed by atoms with Crippen LogP contribution in [0, 0.1) is 0 Å². The van der Waals surface area contributed by atoms with Gasteiger partial charge in [-0.3, -0.25) is 9.69 Å². The molecular weight excluding hydrogens is 178 g/mol. The predicted octanol–water partition coefficient (Wildman–Crippen LogP) is -0.194. The Labute approximate surface area is 86.0 Å². The van der Waals surface area contributed by atoms with Gasteiger partial charge in [0.05, 0.1) is 6.04 Å². The van der Waals surface area contributed by atoms with Crippen molar-refractivity contribution in [2.45, 2.75) is 25.8 Å². The number of likely N-dealkylation sites (N-methyl/N-ethyl adjacent to an activating group) is 2. The summed E-state index contributed by atoms with van der Waals surface area (Å²) in [5.74, 6) is 0.166. The normalized spacial score (nSPS) is 22.6. The van der Waals surface area contributed by atoms with Gasteiger partial charge in [-0.15, -0.1) is 0 Å². The van der Waals surface area contributed by atoms with Crippen molar-refractivity contribution in [1.29, 1.82) is 0 Å². The third kappa shape index (κ3) is 2.96. The van der Waals surface area contributed by atoms with Crippen LogP contribution in [-0.2, 0) is 4.79 Å². The smallest absolute Gasteiger partial charge is 0.237 e. The van der Waals surface area contributed by atoms with E-state index in [1.807, 2.05) is 0 Å². The van der Waals surface area contributed by atoms with Crippen molar-refractivity contribution in [3.8, 4) is 0 Å². The number of rotatable bonds is 5. The molecule has 0 aromatic carbocycles. The Kier molecular flexibility index (Phi) is 4.90. The van der Waals surface area contributed by atoms with E-state index >= 15 is 0 Å². The number of hydrogen-bond donors (Lipinski definition) is 2. The third-order valence-electron chi connectivity index (χ3n) is 2.74. The second kappa shape index (κ2) is 5.98. The molecule has 0 bridgehead atoms. The maximum absolute atomic E-state index is 11.5. The SMILES string of the molecule is CCNCCN1CCCC1C(=O)NC. The highest BCUT2D eigenvalue weighted by molar-refractivity contribution is 5.81. The summed E-state index contributed by atoms with van der Waals surface area (Å²) in [5.41, 5.74) is 0. The quantitative estimate of drug-likeness (QED) is 0.603. The average molecular weight is 199 g/mol. The molecule has 1 saturated heterocycles. The van der Waals surface area contributed by atoms with E-state index in [4.69, 9.17) is 0 Å². The lowest BCUT2D eigenvalue weighted by Gasteiger charge is -2.22. The molecule has 0 saturated carbocycles. The summed E-state index contributed by atoms with van der Waals surface area (Å²) in [7, 11) is 1.71. The average Bonchev–Trinajstić information content (AvgIpc) is 2.65. The zero-order chi connectivity index (χ0) is 10.4. The molecule has 2 N–H and O–H groups in total. The van der Waals surface area contributed by atoms with Crippen LogP contribution >= 0.6 is 0 Å². The molecule has 1 heterocycles. The molecular formula is C10H21N3O. The molecule has 1 amide bonds. The van der Waals surface area contributed by atoms with E-state index in [-0.39, 0.29) is 11.9 Å². The lowest BCUT2D eigenvalue weighted by Crippen LogP contribution is -2.44. The Morgan fingerprint density at radius 2 is 2.36 bits per heavy atom. The third-order valence-corrected chi connectivity index (χ3v) is 2.74. The number of nitrogens with zero attached hydrogens (tertiary/aromatic N) is 1. The van der Waals surface area contributed by atoms with Gasteiger partial charge in [-0.1, -0.05) is 6.92 Å². The fourth-order valence-corrected chi connectivity index (χ4v) is 1.96. The molecule has 0 aromatic rings. The van der Waals surface area contributed by atoms with E-state index in [0.29, 0.717) is 0 Å².